The lowest BCUT2D eigenvalue weighted by atomic mass is 10.2. The van der Waals surface area contributed by atoms with Crippen LogP contribution in [0.2, 0.25) is 5.02 Å². The molecule has 130 valence electrons. The van der Waals surface area contributed by atoms with E-state index in [9.17, 15) is 13.2 Å². The number of carbonyl (C=O) groups excluding carboxylic acids is 1. The van der Waals surface area contributed by atoms with Crippen molar-refractivity contribution in [2.75, 3.05) is 36.9 Å². The van der Waals surface area contributed by atoms with E-state index in [1.54, 1.807) is 25.1 Å². The predicted octanol–water partition coefficient (Wildman–Crippen LogP) is 1.96. The smallest absolute Gasteiger partial charge is 0.240 e. The zero-order valence-corrected chi connectivity index (χ0v) is 15.2. The molecule has 23 heavy (non-hydrogen) atoms. The minimum atomic E-state index is -3.60. The van der Waals surface area contributed by atoms with Gasteiger partial charge in [-0.05, 0) is 38.0 Å². The summed E-state index contributed by atoms with van der Waals surface area (Å²) in [6, 6.07) is 4.94. The van der Waals surface area contributed by atoms with Crippen molar-refractivity contribution in [3.8, 4) is 0 Å². The molecule has 0 fully saturated rings. The zero-order valence-electron chi connectivity index (χ0n) is 13.6. The molecule has 1 aromatic rings. The Balaban J connectivity index is 2.77. The fraction of sp³-hybridized carbons (Fsp3) is 0.533. The maximum atomic E-state index is 12.0. The zero-order chi connectivity index (χ0) is 17.5. The van der Waals surface area contributed by atoms with E-state index in [0.29, 0.717) is 36.9 Å². The van der Waals surface area contributed by atoms with Crippen LogP contribution >= 0.6 is 11.6 Å². The largest absolute Gasteiger partial charge is 0.382 e. The summed E-state index contributed by atoms with van der Waals surface area (Å²) in [5.41, 5.74) is 1.13. The van der Waals surface area contributed by atoms with Crippen molar-refractivity contribution < 1.29 is 17.9 Å². The number of rotatable bonds is 9. The number of sulfonamides is 1. The predicted molar refractivity (Wildman–Crippen MR) is 92.5 cm³/mol. The number of nitrogens with one attached hydrogen (secondary N) is 1. The van der Waals surface area contributed by atoms with Crippen LogP contribution in [0, 0.1) is 6.92 Å². The molecule has 0 heterocycles. The van der Waals surface area contributed by atoms with Crippen molar-refractivity contribution in [3.63, 3.8) is 0 Å². The number of anilines is 1. The van der Waals surface area contributed by atoms with E-state index in [1.807, 2.05) is 6.92 Å². The molecule has 0 spiro atoms. The molecule has 0 atom stereocenters. The van der Waals surface area contributed by atoms with Crippen LogP contribution in [0.25, 0.3) is 0 Å². The minimum Gasteiger partial charge on any atom is -0.382 e. The summed E-state index contributed by atoms with van der Waals surface area (Å²) in [6.45, 7) is 5.00. The van der Waals surface area contributed by atoms with E-state index < -0.39 is 10.0 Å². The first-order chi connectivity index (χ1) is 10.8. The third-order valence-electron chi connectivity index (χ3n) is 3.12. The standard InChI is InChI=1S/C15H23ClN2O4S/c1-4-22-9-5-8-17-15(19)11-18(23(3,20)21)14-10-13(16)7-6-12(14)2/h6-7,10H,4-5,8-9,11H2,1-3H3,(H,17,19). The second-order valence-electron chi connectivity index (χ2n) is 5.10. The number of halogens is 1. The summed E-state index contributed by atoms with van der Waals surface area (Å²) in [7, 11) is -3.60. The molecule has 0 radical (unpaired) electrons. The molecule has 0 aliphatic rings. The van der Waals surface area contributed by atoms with Crippen LogP contribution in [0.4, 0.5) is 5.69 Å². The number of aryl methyl sites for hydroxylation is 1. The highest BCUT2D eigenvalue weighted by molar-refractivity contribution is 7.92. The molecular weight excluding hydrogens is 340 g/mol. The molecule has 0 aliphatic heterocycles. The molecule has 0 saturated heterocycles. The van der Waals surface area contributed by atoms with Gasteiger partial charge in [0.15, 0.2) is 0 Å². The van der Waals surface area contributed by atoms with Crippen LogP contribution in [-0.2, 0) is 19.6 Å². The van der Waals surface area contributed by atoms with Gasteiger partial charge in [-0.1, -0.05) is 17.7 Å². The lowest BCUT2D eigenvalue weighted by molar-refractivity contribution is -0.119. The average Bonchev–Trinajstić information content (AvgIpc) is 2.46. The molecule has 0 aliphatic carbocycles. The second kappa shape index (κ2) is 9.10. The average molecular weight is 363 g/mol. The van der Waals surface area contributed by atoms with Gasteiger partial charge in [-0.2, -0.15) is 0 Å². The quantitative estimate of drug-likeness (QED) is 0.681. The van der Waals surface area contributed by atoms with Gasteiger partial charge in [0.05, 0.1) is 11.9 Å². The van der Waals surface area contributed by atoms with Crippen LogP contribution < -0.4 is 9.62 Å². The molecule has 0 aromatic heterocycles. The van der Waals surface area contributed by atoms with Crippen molar-refractivity contribution in [2.24, 2.45) is 0 Å². The number of carbonyl (C=O) groups is 1. The van der Waals surface area contributed by atoms with Crippen LogP contribution in [0.3, 0.4) is 0 Å². The van der Waals surface area contributed by atoms with E-state index in [1.165, 1.54) is 0 Å². The monoisotopic (exact) mass is 362 g/mol. The summed E-state index contributed by atoms with van der Waals surface area (Å²) in [4.78, 5) is 12.0. The van der Waals surface area contributed by atoms with Crippen molar-refractivity contribution >= 4 is 33.2 Å². The number of hydrogen-bond acceptors (Lipinski definition) is 4. The van der Waals surface area contributed by atoms with E-state index in [0.717, 1.165) is 16.1 Å². The molecular formula is C15H23ClN2O4S. The van der Waals surface area contributed by atoms with E-state index in [-0.39, 0.29) is 12.5 Å². The molecule has 1 amide bonds. The molecule has 8 heteroatoms. The summed E-state index contributed by atoms with van der Waals surface area (Å²) in [5.74, 6) is -0.369. The van der Waals surface area contributed by atoms with Gasteiger partial charge in [0.25, 0.3) is 0 Å². The Hall–Kier alpha value is -1.31. The summed E-state index contributed by atoms with van der Waals surface area (Å²) >= 11 is 5.94. The van der Waals surface area contributed by atoms with Gasteiger partial charge >= 0.3 is 0 Å². The topological polar surface area (TPSA) is 75.7 Å². The number of amides is 1. The second-order valence-corrected chi connectivity index (χ2v) is 7.44. The van der Waals surface area contributed by atoms with Gasteiger partial charge in [-0.3, -0.25) is 9.10 Å². The third kappa shape index (κ3) is 6.76. The summed E-state index contributed by atoms with van der Waals surface area (Å²) in [5, 5.41) is 3.10. The molecule has 0 unspecified atom stereocenters. The fourth-order valence-electron chi connectivity index (χ4n) is 1.97. The van der Waals surface area contributed by atoms with Gasteiger partial charge in [0.2, 0.25) is 15.9 Å². The lowest BCUT2D eigenvalue weighted by Gasteiger charge is -2.23. The molecule has 6 nitrogen and oxygen atoms in total. The highest BCUT2D eigenvalue weighted by atomic mass is 35.5. The van der Waals surface area contributed by atoms with Gasteiger partial charge in [0, 0.05) is 24.8 Å². The number of benzene rings is 1. The number of hydrogen-bond donors (Lipinski definition) is 1. The van der Waals surface area contributed by atoms with E-state index >= 15 is 0 Å². The molecule has 1 N–H and O–H groups in total. The van der Waals surface area contributed by atoms with Gasteiger partial charge in [-0.15, -0.1) is 0 Å². The van der Waals surface area contributed by atoms with Crippen LogP contribution in [0.15, 0.2) is 18.2 Å². The number of ether oxygens (including phenoxy) is 1. The minimum absolute atomic E-state index is 0.283. The van der Waals surface area contributed by atoms with Crippen LogP contribution in [-0.4, -0.2) is 46.9 Å². The van der Waals surface area contributed by atoms with Crippen molar-refractivity contribution in [2.45, 2.75) is 20.3 Å². The highest BCUT2D eigenvalue weighted by Gasteiger charge is 2.22. The molecule has 0 bridgehead atoms. The van der Waals surface area contributed by atoms with Crippen LogP contribution in [0.1, 0.15) is 18.9 Å². The third-order valence-corrected chi connectivity index (χ3v) is 4.48. The maximum absolute atomic E-state index is 12.0. The fourth-order valence-corrected chi connectivity index (χ4v) is 3.04. The van der Waals surface area contributed by atoms with Gasteiger partial charge in [-0.25, -0.2) is 8.42 Å². The Morgan fingerprint density at radius 1 is 1.39 bits per heavy atom. The Morgan fingerprint density at radius 3 is 2.70 bits per heavy atom. The molecule has 0 saturated carbocycles. The summed E-state index contributed by atoms with van der Waals surface area (Å²) < 4.78 is 30.3. The SMILES string of the molecule is CCOCCCNC(=O)CN(c1cc(Cl)ccc1C)S(C)(=O)=O. The van der Waals surface area contributed by atoms with Crippen molar-refractivity contribution in [1.82, 2.24) is 5.32 Å². The normalized spacial score (nSPS) is 11.3. The van der Waals surface area contributed by atoms with Crippen LogP contribution in [0.5, 0.6) is 0 Å². The molecule has 1 aromatic carbocycles. The Bertz CT molecular complexity index is 634. The highest BCUT2D eigenvalue weighted by Crippen LogP contribution is 2.26. The maximum Gasteiger partial charge on any atom is 0.240 e. The van der Waals surface area contributed by atoms with Crippen molar-refractivity contribution in [3.05, 3.63) is 28.8 Å². The van der Waals surface area contributed by atoms with Gasteiger partial charge in [0.1, 0.15) is 6.54 Å². The summed E-state index contributed by atoms with van der Waals surface area (Å²) in [6.07, 6.45) is 1.74. The number of nitrogens with zero attached hydrogens (tertiary/aromatic N) is 1. The lowest BCUT2D eigenvalue weighted by Crippen LogP contribution is -2.41. The first kappa shape index (κ1) is 19.7. The Morgan fingerprint density at radius 2 is 2.09 bits per heavy atom. The first-order valence-corrected chi connectivity index (χ1v) is 9.56. The van der Waals surface area contributed by atoms with Gasteiger partial charge < -0.3 is 10.1 Å². The first-order valence-electron chi connectivity index (χ1n) is 7.34. The molecule has 1 rings (SSSR count). The van der Waals surface area contributed by atoms with Crippen molar-refractivity contribution in [1.29, 1.82) is 0 Å². The van der Waals surface area contributed by atoms with E-state index in [4.69, 9.17) is 16.3 Å². The Labute approximate surface area is 142 Å². The Kier molecular flexibility index (Phi) is 7.81. The van der Waals surface area contributed by atoms with E-state index in [2.05, 4.69) is 5.32 Å².